The summed E-state index contributed by atoms with van der Waals surface area (Å²) in [6.07, 6.45) is 0. The molecule has 0 unspecified atom stereocenters. The Morgan fingerprint density at radius 3 is 2.41 bits per heavy atom. The number of alkyl halides is 1. The fraction of sp³-hybridized carbons (Fsp3) is 0.318. The van der Waals surface area contributed by atoms with Crippen molar-refractivity contribution in [2.75, 3.05) is 52.1 Å². The van der Waals surface area contributed by atoms with E-state index in [0.717, 1.165) is 34.0 Å². The summed E-state index contributed by atoms with van der Waals surface area (Å²) in [5, 5.41) is 10.6. The molecule has 6 nitrogen and oxygen atoms in total. The highest BCUT2D eigenvalue weighted by atomic mass is 19.1. The molecular weight excluding hydrogens is 373 g/mol. The van der Waals surface area contributed by atoms with E-state index in [2.05, 4.69) is 15.5 Å². The average Bonchev–Trinajstić information content (AvgIpc) is 3.26. The molecule has 0 spiro atoms. The minimum absolute atomic E-state index is 0.114. The molecule has 0 aliphatic carbocycles. The molecule has 29 heavy (non-hydrogen) atoms. The average molecular weight is 399 g/mol. The molecule has 0 atom stereocenters. The Kier molecular flexibility index (Phi) is 8.03. The third-order valence-electron chi connectivity index (χ3n) is 4.28. The van der Waals surface area contributed by atoms with Gasteiger partial charge in [0.05, 0.1) is 37.8 Å². The summed E-state index contributed by atoms with van der Waals surface area (Å²) in [6.45, 7) is 1.32. The van der Waals surface area contributed by atoms with Crippen molar-refractivity contribution in [3.8, 4) is 28.3 Å². The number of nitrogens with zero attached hydrogens (tertiary/aromatic N) is 1. The molecular formula is C22H26FN3O3. The van der Waals surface area contributed by atoms with Crippen LogP contribution in [0.15, 0.2) is 54.6 Å². The summed E-state index contributed by atoms with van der Waals surface area (Å²) >= 11 is 0. The molecule has 1 heterocycles. The topological polar surface area (TPSA) is 68.4 Å². The predicted octanol–water partition coefficient (Wildman–Crippen LogP) is 4.17. The number of aromatic nitrogens is 2. The Bertz CT molecular complexity index is 868. The van der Waals surface area contributed by atoms with Crippen molar-refractivity contribution >= 4 is 5.69 Å². The first kappa shape index (κ1) is 20.8. The maximum atomic E-state index is 11.9. The Labute approximate surface area is 170 Å². The summed E-state index contributed by atoms with van der Waals surface area (Å²) in [5.41, 5.74) is 4.91. The van der Waals surface area contributed by atoms with Crippen LogP contribution in [0.25, 0.3) is 22.5 Å². The first-order valence-corrected chi connectivity index (χ1v) is 9.58. The molecule has 0 fully saturated rings. The van der Waals surface area contributed by atoms with Crippen LogP contribution in [0.4, 0.5) is 10.1 Å². The fourth-order valence-electron chi connectivity index (χ4n) is 2.77. The van der Waals surface area contributed by atoms with E-state index in [0.29, 0.717) is 26.4 Å². The summed E-state index contributed by atoms with van der Waals surface area (Å²) in [5.74, 6) is 0.753. The fourth-order valence-corrected chi connectivity index (χ4v) is 2.77. The van der Waals surface area contributed by atoms with Crippen LogP contribution in [0.5, 0.6) is 5.75 Å². The third-order valence-corrected chi connectivity index (χ3v) is 4.28. The standard InChI is InChI=1S/C22H26FN3O3/c1-24-19-7-5-17(6-8-19)21-16-22(26-25-21)18-3-2-4-20(15-18)29-14-13-28-12-11-27-10-9-23/h2-8,15-16,24H,9-14H2,1H3,(H,25,26). The van der Waals surface area contributed by atoms with Gasteiger partial charge < -0.3 is 19.5 Å². The van der Waals surface area contributed by atoms with Crippen LogP contribution in [0.1, 0.15) is 0 Å². The number of hydrogen-bond acceptors (Lipinski definition) is 5. The molecule has 7 heteroatoms. The van der Waals surface area contributed by atoms with Gasteiger partial charge in [0.1, 0.15) is 19.0 Å². The first-order chi connectivity index (χ1) is 14.3. The lowest BCUT2D eigenvalue weighted by molar-refractivity contribution is 0.0325. The highest BCUT2D eigenvalue weighted by Gasteiger charge is 2.07. The monoisotopic (exact) mass is 399 g/mol. The van der Waals surface area contributed by atoms with Gasteiger partial charge >= 0.3 is 0 Å². The molecule has 0 aliphatic heterocycles. The molecule has 3 rings (SSSR count). The highest BCUT2D eigenvalue weighted by molar-refractivity contribution is 5.70. The molecule has 0 aliphatic rings. The Hall–Kier alpha value is -2.90. The van der Waals surface area contributed by atoms with Crippen LogP contribution in [-0.4, -0.2) is 57.0 Å². The van der Waals surface area contributed by atoms with E-state index >= 15 is 0 Å². The number of H-pyrrole nitrogens is 1. The number of ether oxygens (including phenoxy) is 3. The van der Waals surface area contributed by atoms with E-state index in [1.54, 1.807) is 0 Å². The molecule has 0 amide bonds. The van der Waals surface area contributed by atoms with Crippen molar-refractivity contribution in [1.29, 1.82) is 0 Å². The van der Waals surface area contributed by atoms with Crippen LogP contribution >= 0.6 is 0 Å². The molecule has 0 saturated heterocycles. The lowest BCUT2D eigenvalue weighted by Crippen LogP contribution is -2.11. The van der Waals surface area contributed by atoms with Gasteiger partial charge in [0.15, 0.2) is 0 Å². The number of hydrogen-bond donors (Lipinski definition) is 2. The maximum absolute atomic E-state index is 11.9. The minimum atomic E-state index is -0.473. The Balaban J connectivity index is 1.52. The molecule has 2 N–H and O–H groups in total. The van der Waals surface area contributed by atoms with Gasteiger partial charge in [-0.1, -0.05) is 24.3 Å². The van der Waals surface area contributed by atoms with Crippen LogP contribution < -0.4 is 10.1 Å². The number of nitrogens with one attached hydrogen (secondary N) is 2. The van der Waals surface area contributed by atoms with Gasteiger partial charge in [-0.25, -0.2) is 4.39 Å². The third kappa shape index (κ3) is 6.30. The van der Waals surface area contributed by atoms with E-state index in [1.807, 2.05) is 61.6 Å². The number of halogens is 1. The summed E-state index contributed by atoms with van der Waals surface area (Å²) < 4.78 is 28.0. The van der Waals surface area contributed by atoms with Crippen molar-refractivity contribution in [2.24, 2.45) is 0 Å². The second kappa shape index (κ2) is 11.2. The lowest BCUT2D eigenvalue weighted by Gasteiger charge is -2.08. The predicted molar refractivity (Wildman–Crippen MR) is 112 cm³/mol. The van der Waals surface area contributed by atoms with Gasteiger partial charge in [-0.2, -0.15) is 5.10 Å². The van der Waals surface area contributed by atoms with E-state index in [4.69, 9.17) is 14.2 Å². The van der Waals surface area contributed by atoms with Gasteiger partial charge in [-0.3, -0.25) is 5.10 Å². The number of aromatic amines is 1. The van der Waals surface area contributed by atoms with E-state index < -0.39 is 6.67 Å². The molecule has 1 aromatic heterocycles. The van der Waals surface area contributed by atoms with Gasteiger partial charge in [0, 0.05) is 18.3 Å². The van der Waals surface area contributed by atoms with Crippen LogP contribution in [0.3, 0.4) is 0 Å². The summed E-state index contributed by atoms with van der Waals surface area (Å²) in [6, 6.07) is 18.0. The second-order valence-electron chi connectivity index (χ2n) is 6.28. The van der Waals surface area contributed by atoms with Crippen molar-refractivity contribution < 1.29 is 18.6 Å². The van der Waals surface area contributed by atoms with E-state index in [-0.39, 0.29) is 6.61 Å². The Morgan fingerprint density at radius 1 is 0.897 bits per heavy atom. The molecule has 0 radical (unpaired) electrons. The summed E-state index contributed by atoms with van der Waals surface area (Å²) in [4.78, 5) is 0. The Morgan fingerprint density at radius 2 is 1.66 bits per heavy atom. The van der Waals surface area contributed by atoms with Gasteiger partial charge in [0.2, 0.25) is 0 Å². The van der Waals surface area contributed by atoms with Crippen molar-refractivity contribution in [3.05, 3.63) is 54.6 Å². The largest absolute Gasteiger partial charge is 0.491 e. The first-order valence-electron chi connectivity index (χ1n) is 9.58. The zero-order chi connectivity index (χ0) is 20.3. The van der Waals surface area contributed by atoms with E-state index in [1.165, 1.54) is 0 Å². The molecule has 2 aromatic carbocycles. The molecule has 3 aromatic rings. The normalized spacial score (nSPS) is 10.8. The van der Waals surface area contributed by atoms with Gasteiger partial charge in [0.25, 0.3) is 0 Å². The van der Waals surface area contributed by atoms with E-state index in [9.17, 15) is 4.39 Å². The molecule has 154 valence electrons. The van der Waals surface area contributed by atoms with Gasteiger partial charge in [-0.05, 0) is 35.9 Å². The zero-order valence-electron chi connectivity index (χ0n) is 16.5. The number of anilines is 1. The highest BCUT2D eigenvalue weighted by Crippen LogP contribution is 2.27. The van der Waals surface area contributed by atoms with Crippen LogP contribution in [0, 0.1) is 0 Å². The van der Waals surface area contributed by atoms with Crippen LogP contribution in [-0.2, 0) is 9.47 Å². The van der Waals surface area contributed by atoms with Crippen molar-refractivity contribution in [2.45, 2.75) is 0 Å². The minimum Gasteiger partial charge on any atom is -0.491 e. The smallest absolute Gasteiger partial charge is 0.120 e. The molecule has 0 saturated carbocycles. The zero-order valence-corrected chi connectivity index (χ0v) is 16.5. The van der Waals surface area contributed by atoms with Crippen molar-refractivity contribution in [3.63, 3.8) is 0 Å². The number of benzene rings is 2. The quantitative estimate of drug-likeness (QED) is 0.448. The van der Waals surface area contributed by atoms with Crippen molar-refractivity contribution in [1.82, 2.24) is 10.2 Å². The maximum Gasteiger partial charge on any atom is 0.120 e. The van der Waals surface area contributed by atoms with Crippen LogP contribution in [0.2, 0.25) is 0 Å². The summed E-state index contributed by atoms with van der Waals surface area (Å²) in [7, 11) is 1.90. The number of rotatable bonds is 12. The molecule has 0 bridgehead atoms. The lowest BCUT2D eigenvalue weighted by atomic mass is 10.1. The van der Waals surface area contributed by atoms with Gasteiger partial charge in [-0.15, -0.1) is 0 Å². The SMILES string of the molecule is CNc1ccc(-c2cc(-c3cccc(OCCOCCOCCF)c3)n[nH]2)cc1. The second-order valence-corrected chi connectivity index (χ2v) is 6.28.